The first-order chi connectivity index (χ1) is 6.26. The van der Waals surface area contributed by atoms with E-state index in [9.17, 15) is 0 Å². The Morgan fingerprint density at radius 1 is 1.38 bits per heavy atom. The maximum Gasteiger partial charge on any atom is 0.124 e. The van der Waals surface area contributed by atoms with Crippen LogP contribution in [-0.4, -0.2) is 13.7 Å². The van der Waals surface area contributed by atoms with E-state index < -0.39 is 0 Å². The summed E-state index contributed by atoms with van der Waals surface area (Å²) in [5.74, 6) is 1.37. The molecular formula is C10H11ClO2. The first-order valence-electron chi connectivity index (χ1n) is 3.84. The maximum absolute atomic E-state index is 5.82. The molecule has 0 aliphatic carbocycles. The van der Waals surface area contributed by atoms with Crippen molar-refractivity contribution in [3.05, 3.63) is 35.9 Å². The van der Waals surface area contributed by atoms with Gasteiger partial charge in [0, 0.05) is 11.1 Å². The lowest BCUT2D eigenvalue weighted by molar-refractivity contribution is 0.357. The zero-order chi connectivity index (χ0) is 9.68. The molecule has 0 heterocycles. The molecule has 0 aliphatic rings. The number of methoxy groups -OCH3 is 1. The van der Waals surface area contributed by atoms with Gasteiger partial charge in [-0.1, -0.05) is 24.3 Å². The molecule has 1 aromatic rings. The third-order valence-corrected chi connectivity index (χ3v) is 1.67. The third-order valence-electron chi connectivity index (χ3n) is 1.45. The first-order valence-corrected chi connectivity index (χ1v) is 4.22. The van der Waals surface area contributed by atoms with E-state index in [1.54, 1.807) is 31.4 Å². The van der Waals surface area contributed by atoms with Crippen LogP contribution >= 0.6 is 11.6 Å². The number of halogens is 1. The molecule has 3 heteroatoms. The van der Waals surface area contributed by atoms with E-state index in [1.807, 2.05) is 0 Å². The van der Waals surface area contributed by atoms with Crippen LogP contribution in [0.25, 0.3) is 0 Å². The van der Waals surface area contributed by atoms with Gasteiger partial charge in [-0.2, -0.15) is 0 Å². The van der Waals surface area contributed by atoms with E-state index in [1.165, 1.54) is 0 Å². The number of hydrogen-bond acceptors (Lipinski definition) is 2. The molecule has 70 valence electrons. The van der Waals surface area contributed by atoms with Crippen molar-refractivity contribution < 1.29 is 9.47 Å². The predicted octanol–water partition coefficient (Wildman–Crippen LogP) is 2.91. The van der Waals surface area contributed by atoms with Gasteiger partial charge in [0.1, 0.15) is 18.1 Å². The minimum Gasteiger partial charge on any atom is -0.497 e. The van der Waals surface area contributed by atoms with Crippen LogP contribution in [0.3, 0.4) is 0 Å². The molecule has 0 atom stereocenters. The molecule has 1 rings (SSSR count). The van der Waals surface area contributed by atoms with Crippen LogP contribution in [0.15, 0.2) is 30.9 Å². The number of benzene rings is 1. The Morgan fingerprint density at radius 2 is 2.08 bits per heavy atom. The Morgan fingerprint density at radius 3 is 2.69 bits per heavy atom. The smallest absolute Gasteiger partial charge is 0.124 e. The molecule has 0 fully saturated rings. The summed E-state index contributed by atoms with van der Waals surface area (Å²) in [5, 5.41) is 0.596. The van der Waals surface area contributed by atoms with Crippen LogP contribution < -0.4 is 9.47 Å². The summed E-state index contributed by atoms with van der Waals surface area (Å²) in [4.78, 5) is 0. The second-order valence-electron chi connectivity index (χ2n) is 2.43. The van der Waals surface area contributed by atoms with Crippen molar-refractivity contribution in [2.24, 2.45) is 0 Å². The molecule has 0 spiro atoms. The fourth-order valence-electron chi connectivity index (χ4n) is 0.893. The zero-order valence-electron chi connectivity index (χ0n) is 7.42. The van der Waals surface area contributed by atoms with E-state index in [0.717, 1.165) is 0 Å². The fraction of sp³-hybridized carbons (Fsp3) is 0.200. The van der Waals surface area contributed by atoms with Crippen molar-refractivity contribution in [2.45, 2.75) is 0 Å². The maximum atomic E-state index is 5.82. The molecule has 1 aromatic carbocycles. The molecule has 0 N–H and O–H groups in total. The van der Waals surface area contributed by atoms with Crippen LogP contribution in [0.1, 0.15) is 0 Å². The molecule has 0 saturated heterocycles. The monoisotopic (exact) mass is 198 g/mol. The highest BCUT2D eigenvalue weighted by Crippen LogP contribution is 2.25. The molecule has 0 unspecified atom stereocenters. The van der Waals surface area contributed by atoms with Gasteiger partial charge in [-0.05, 0) is 12.1 Å². The topological polar surface area (TPSA) is 18.5 Å². The van der Waals surface area contributed by atoms with Gasteiger partial charge in [-0.15, -0.1) is 0 Å². The normalized spacial score (nSPS) is 9.38. The van der Waals surface area contributed by atoms with E-state index in [0.29, 0.717) is 23.1 Å². The van der Waals surface area contributed by atoms with E-state index >= 15 is 0 Å². The van der Waals surface area contributed by atoms with Crippen LogP contribution in [0.5, 0.6) is 11.5 Å². The molecule has 0 aliphatic heterocycles. The quantitative estimate of drug-likeness (QED) is 0.693. The van der Waals surface area contributed by atoms with Crippen molar-refractivity contribution in [1.29, 1.82) is 0 Å². The lowest BCUT2D eigenvalue weighted by Crippen LogP contribution is -1.93. The molecule has 0 amide bonds. The van der Waals surface area contributed by atoms with Gasteiger partial charge in [0.25, 0.3) is 0 Å². The summed E-state index contributed by atoms with van der Waals surface area (Å²) < 4.78 is 10.3. The van der Waals surface area contributed by atoms with Crippen LogP contribution in [-0.2, 0) is 0 Å². The van der Waals surface area contributed by atoms with Crippen molar-refractivity contribution in [1.82, 2.24) is 0 Å². The molecule has 0 bridgehead atoms. The molecule has 2 nitrogen and oxygen atoms in total. The summed E-state index contributed by atoms with van der Waals surface area (Å²) in [6.07, 6.45) is 1.67. The summed E-state index contributed by atoms with van der Waals surface area (Å²) in [7, 11) is 1.59. The second-order valence-corrected chi connectivity index (χ2v) is 2.86. The standard InChI is InChI=1S/C10H11ClO2/c1-3-4-13-10-6-8(11)5-9(7-10)12-2/h3,5-7H,1,4H2,2H3. The summed E-state index contributed by atoms with van der Waals surface area (Å²) in [6.45, 7) is 4.01. The Labute approximate surface area is 82.7 Å². The summed E-state index contributed by atoms with van der Waals surface area (Å²) >= 11 is 5.82. The molecular weight excluding hydrogens is 188 g/mol. The molecule has 13 heavy (non-hydrogen) atoms. The van der Waals surface area contributed by atoms with Crippen molar-refractivity contribution >= 4 is 11.6 Å². The average molecular weight is 199 g/mol. The molecule has 0 radical (unpaired) electrons. The van der Waals surface area contributed by atoms with E-state index in [4.69, 9.17) is 21.1 Å². The minimum absolute atomic E-state index is 0.462. The lowest BCUT2D eigenvalue weighted by atomic mass is 10.3. The average Bonchev–Trinajstić information content (AvgIpc) is 2.14. The fourth-order valence-corrected chi connectivity index (χ4v) is 1.11. The van der Waals surface area contributed by atoms with Crippen LogP contribution in [0, 0.1) is 0 Å². The Hall–Kier alpha value is -1.15. The van der Waals surface area contributed by atoms with Gasteiger partial charge < -0.3 is 9.47 Å². The number of hydrogen-bond donors (Lipinski definition) is 0. The highest BCUT2D eigenvalue weighted by molar-refractivity contribution is 6.30. The summed E-state index contributed by atoms with van der Waals surface area (Å²) in [5.41, 5.74) is 0. The van der Waals surface area contributed by atoms with Crippen LogP contribution in [0.4, 0.5) is 0 Å². The van der Waals surface area contributed by atoms with E-state index in [2.05, 4.69) is 6.58 Å². The third kappa shape index (κ3) is 2.99. The van der Waals surface area contributed by atoms with Crippen LogP contribution in [0.2, 0.25) is 5.02 Å². The number of ether oxygens (including phenoxy) is 2. The van der Waals surface area contributed by atoms with Gasteiger partial charge in [-0.3, -0.25) is 0 Å². The first kappa shape index (κ1) is 9.93. The van der Waals surface area contributed by atoms with Gasteiger partial charge in [0.15, 0.2) is 0 Å². The largest absolute Gasteiger partial charge is 0.497 e. The van der Waals surface area contributed by atoms with Crippen molar-refractivity contribution in [3.63, 3.8) is 0 Å². The van der Waals surface area contributed by atoms with Gasteiger partial charge in [0.2, 0.25) is 0 Å². The van der Waals surface area contributed by atoms with Crippen molar-refractivity contribution in [2.75, 3.05) is 13.7 Å². The predicted molar refractivity (Wildman–Crippen MR) is 53.7 cm³/mol. The van der Waals surface area contributed by atoms with Gasteiger partial charge >= 0.3 is 0 Å². The minimum atomic E-state index is 0.462. The van der Waals surface area contributed by atoms with Crippen molar-refractivity contribution in [3.8, 4) is 11.5 Å². The summed E-state index contributed by atoms with van der Waals surface area (Å²) in [6, 6.07) is 5.23. The molecule has 0 saturated carbocycles. The lowest BCUT2D eigenvalue weighted by Gasteiger charge is -2.06. The van der Waals surface area contributed by atoms with Gasteiger partial charge in [-0.25, -0.2) is 0 Å². The van der Waals surface area contributed by atoms with Gasteiger partial charge in [0.05, 0.1) is 7.11 Å². The second kappa shape index (κ2) is 4.77. The highest BCUT2D eigenvalue weighted by atomic mass is 35.5. The molecule has 0 aromatic heterocycles. The Kier molecular flexibility index (Phi) is 3.65. The van der Waals surface area contributed by atoms with E-state index in [-0.39, 0.29) is 0 Å². The Balaban J connectivity index is 2.81. The Bertz CT molecular complexity index is 297. The zero-order valence-corrected chi connectivity index (χ0v) is 8.17. The SMILES string of the molecule is C=CCOc1cc(Cl)cc(OC)c1. The highest BCUT2D eigenvalue weighted by Gasteiger charge is 1.99. The number of rotatable bonds is 4.